The van der Waals surface area contributed by atoms with Crippen molar-refractivity contribution in [1.82, 2.24) is 14.9 Å². The van der Waals surface area contributed by atoms with Crippen molar-refractivity contribution in [3.05, 3.63) is 27.4 Å². The van der Waals surface area contributed by atoms with E-state index in [4.69, 9.17) is 0 Å². The summed E-state index contributed by atoms with van der Waals surface area (Å²) in [6.07, 6.45) is 0. The Morgan fingerprint density at radius 3 is 2.40 bits per heavy atom. The maximum atomic E-state index is 12.4. The summed E-state index contributed by atoms with van der Waals surface area (Å²) < 4.78 is 0. The standard InChI is InChI=1S/C14H23N3O3/c1-8(2)11-15-9(3)10(12(19)16-11)13(20)17(6)14(4,5)7-18/h8,18H,7H2,1-6H3,(H,15,16,19). The van der Waals surface area contributed by atoms with Gasteiger partial charge >= 0.3 is 0 Å². The Labute approximate surface area is 118 Å². The van der Waals surface area contributed by atoms with Gasteiger partial charge in [-0.2, -0.15) is 0 Å². The van der Waals surface area contributed by atoms with Crippen LogP contribution in [0.5, 0.6) is 0 Å². The van der Waals surface area contributed by atoms with Gasteiger partial charge in [0.05, 0.1) is 17.8 Å². The number of amides is 1. The summed E-state index contributed by atoms with van der Waals surface area (Å²) in [5, 5.41) is 9.32. The summed E-state index contributed by atoms with van der Waals surface area (Å²) in [5.74, 6) is 0.205. The van der Waals surface area contributed by atoms with Crippen LogP contribution in [0.15, 0.2) is 4.79 Å². The molecule has 0 saturated carbocycles. The first-order valence-electron chi connectivity index (χ1n) is 6.61. The highest BCUT2D eigenvalue weighted by atomic mass is 16.3. The molecule has 0 bridgehead atoms. The zero-order valence-electron chi connectivity index (χ0n) is 12.9. The van der Waals surface area contributed by atoms with Crippen LogP contribution in [0.3, 0.4) is 0 Å². The summed E-state index contributed by atoms with van der Waals surface area (Å²) in [5.41, 5.74) is -0.750. The molecule has 20 heavy (non-hydrogen) atoms. The number of aromatic nitrogens is 2. The third kappa shape index (κ3) is 3.07. The maximum Gasteiger partial charge on any atom is 0.264 e. The van der Waals surface area contributed by atoms with Gasteiger partial charge in [-0.1, -0.05) is 13.8 Å². The van der Waals surface area contributed by atoms with Crippen molar-refractivity contribution in [3.63, 3.8) is 0 Å². The van der Waals surface area contributed by atoms with E-state index in [9.17, 15) is 14.7 Å². The SMILES string of the molecule is Cc1nc(C(C)C)[nH]c(=O)c1C(=O)N(C)C(C)(C)CO. The van der Waals surface area contributed by atoms with Crippen LogP contribution in [0.4, 0.5) is 0 Å². The van der Waals surface area contributed by atoms with Gasteiger partial charge in [-0.25, -0.2) is 4.98 Å². The van der Waals surface area contributed by atoms with Crippen LogP contribution in [0, 0.1) is 6.92 Å². The van der Waals surface area contributed by atoms with Crippen molar-refractivity contribution >= 4 is 5.91 Å². The van der Waals surface area contributed by atoms with Gasteiger partial charge < -0.3 is 15.0 Å². The fraction of sp³-hybridized carbons (Fsp3) is 0.643. The number of carbonyl (C=O) groups is 1. The normalized spacial score (nSPS) is 11.8. The van der Waals surface area contributed by atoms with E-state index in [1.54, 1.807) is 27.8 Å². The molecule has 0 radical (unpaired) electrons. The molecule has 6 nitrogen and oxygen atoms in total. The first-order valence-corrected chi connectivity index (χ1v) is 6.61. The number of nitrogens with zero attached hydrogens (tertiary/aromatic N) is 2. The molecule has 0 saturated heterocycles. The molecule has 1 aromatic heterocycles. The maximum absolute atomic E-state index is 12.4. The lowest BCUT2D eigenvalue weighted by Crippen LogP contribution is -2.49. The Morgan fingerprint density at radius 1 is 1.45 bits per heavy atom. The highest BCUT2D eigenvalue weighted by Gasteiger charge is 2.30. The summed E-state index contributed by atoms with van der Waals surface area (Å²) in [7, 11) is 1.56. The van der Waals surface area contributed by atoms with E-state index in [0.29, 0.717) is 11.5 Å². The Morgan fingerprint density at radius 2 is 2.00 bits per heavy atom. The number of hydrogen-bond donors (Lipinski definition) is 2. The Hall–Kier alpha value is -1.69. The number of H-pyrrole nitrogens is 1. The molecule has 6 heteroatoms. The number of rotatable bonds is 4. The molecule has 0 atom stereocenters. The largest absolute Gasteiger partial charge is 0.394 e. The van der Waals surface area contributed by atoms with E-state index in [-0.39, 0.29) is 18.1 Å². The quantitative estimate of drug-likeness (QED) is 0.863. The minimum atomic E-state index is -0.743. The second-order valence-electron chi connectivity index (χ2n) is 5.90. The third-order valence-electron chi connectivity index (χ3n) is 3.48. The van der Waals surface area contributed by atoms with Crippen LogP contribution in [0.2, 0.25) is 0 Å². The van der Waals surface area contributed by atoms with E-state index >= 15 is 0 Å². The lowest BCUT2D eigenvalue weighted by molar-refractivity contribution is 0.0470. The lowest BCUT2D eigenvalue weighted by atomic mass is 10.0. The molecule has 1 heterocycles. The summed E-state index contributed by atoms with van der Waals surface area (Å²) in [6, 6.07) is 0. The van der Waals surface area contributed by atoms with Gasteiger partial charge in [0.1, 0.15) is 11.4 Å². The second-order valence-corrected chi connectivity index (χ2v) is 5.90. The van der Waals surface area contributed by atoms with Crippen molar-refractivity contribution < 1.29 is 9.90 Å². The molecule has 0 spiro atoms. The first kappa shape index (κ1) is 16.4. The van der Waals surface area contributed by atoms with Gasteiger partial charge in [-0.3, -0.25) is 9.59 Å². The smallest absolute Gasteiger partial charge is 0.264 e. The summed E-state index contributed by atoms with van der Waals surface area (Å²) in [6.45, 7) is 8.74. The van der Waals surface area contributed by atoms with Crippen LogP contribution in [0.25, 0.3) is 0 Å². The van der Waals surface area contributed by atoms with Gasteiger partial charge in [0.15, 0.2) is 0 Å². The fourth-order valence-corrected chi connectivity index (χ4v) is 1.68. The zero-order chi connectivity index (χ0) is 15.7. The number of likely N-dealkylation sites (N-methyl/N-ethyl adjacent to an activating group) is 1. The van der Waals surface area contributed by atoms with E-state index in [0.717, 1.165) is 0 Å². The second kappa shape index (κ2) is 5.75. The van der Waals surface area contributed by atoms with Crippen LogP contribution >= 0.6 is 0 Å². The van der Waals surface area contributed by atoms with Crippen molar-refractivity contribution in [2.75, 3.05) is 13.7 Å². The molecule has 0 unspecified atom stereocenters. The van der Waals surface area contributed by atoms with Gasteiger partial charge in [0.25, 0.3) is 11.5 Å². The summed E-state index contributed by atoms with van der Waals surface area (Å²) in [4.78, 5) is 32.8. The highest BCUT2D eigenvalue weighted by molar-refractivity contribution is 5.95. The van der Waals surface area contributed by atoms with Crippen molar-refractivity contribution in [3.8, 4) is 0 Å². The van der Waals surface area contributed by atoms with Crippen molar-refractivity contribution in [2.24, 2.45) is 0 Å². The average molecular weight is 281 g/mol. The predicted molar refractivity (Wildman–Crippen MR) is 76.9 cm³/mol. The lowest BCUT2D eigenvalue weighted by Gasteiger charge is -2.33. The highest BCUT2D eigenvalue weighted by Crippen LogP contribution is 2.16. The number of carbonyl (C=O) groups excluding carboxylic acids is 1. The van der Waals surface area contributed by atoms with Crippen LogP contribution < -0.4 is 5.56 Å². The summed E-state index contributed by atoms with van der Waals surface area (Å²) >= 11 is 0. The number of aliphatic hydroxyl groups excluding tert-OH is 1. The Kier molecular flexibility index (Phi) is 4.70. The average Bonchev–Trinajstić information content (AvgIpc) is 2.36. The molecule has 0 aliphatic carbocycles. The van der Waals surface area contributed by atoms with Crippen LogP contribution in [0.1, 0.15) is 55.5 Å². The molecule has 1 aromatic rings. The number of aryl methyl sites for hydroxylation is 1. The molecule has 0 fully saturated rings. The van der Waals surface area contributed by atoms with Crippen molar-refractivity contribution in [2.45, 2.75) is 46.1 Å². The zero-order valence-corrected chi connectivity index (χ0v) is 12.9. The minimum Gasteiger partial charge on any atom is -0.394 e. The number of hydrogen-bond acceptors (Lipinski definition) is 4. The molecule has 0 aliphatic rings. The molecular formula is C14H23N3O3. The number of nitrogens with one attached hydrogen (secondary N) is 1. The van der Waals surface area contributed by atoms with Gasteiger partial charge in [-0.15, -0.1) is 0 Å². The predicted octanol–water partition coefficient (Wildman–Crippen LogP) is 1.04. The van der Waals surface area contributed by atoms with Crippen LogP contribution in [-0.2, 0) is 0 Å². The van der Waals surface area contributed by atoms with Gasteiger partial charge in [0.2, 0.25) is 0 Å². The van der Waals surface area contributed by atoms with Crippen LogP contribution in [-0.4, -0.2) is 45.1 Å². The number of aromatic amines is 1. The fourth-order valence-electron chi connectivity index (χ4n) is 1.68. The molecule has 2 N–H and O–H groups in total. The minimum absolute atomic E-state index is 0.0263. The monoisotopic (exact) mass is 281 g/mol. The molecule has 1 rings (SSSR count). The number of aliphatic hydroxyl groups is 1. The Balaban J connectivity index is 3.28. The van der Waals surface area contributed by atoms with Gasteiger partial charge in [-0.05, 0) is 20.8 Å². The van der Waals surface area contributed by atoms with E-state index in [1.165, 1.54) is 4.90 Å². The topological polar surface area (TPSA) is 86.3 Å². The van der Waals surface area contributed by atoms with Crippen molar-refractivity contribution in [1.29, 1.82) is 0 Å². The van der Waals surface area contributed by atoms with E-state index in [2.05, 4.69) is 9.97 Å². The van der Waals surface area contributed by atoms with E-state index < -0.39 is 17.0 Å². The van der Waals surface area contributed by atoms with E-state index in [1.807, 2.05) is 13.8 Å². The molecule has 0 aliphatic heterocycles. The molecular weight excluding hydrogens is 258 g/mol. The molecule has 0 aromatic carbocycles. The van der Waals surface area contributed by atoms with Gasteiger partial charge in [0, 0.05) is 13.0 Å². The molecule has 1 amide bonds. The third-order valence-corrected chi connectivity index (χ3v) is 3.48. The first-order chi connectivity index (χ1) is 9.11. The Bertz CT molecular complexity index is 561. The molecule has 112 valence electrons.